The van der Waals surface area contributed by atoms with Crippen molar-refractivity contribution < 1.29 is 10.2 Å². The highest BCUT2D eigenvalue weighted by atomic mass is 16.3. The SMILES string of the molecule is [N-]=[N+]=NCCCCc1ccc(O)c(O)c1. The Hall–Kier alpha value is -1.87. The van der Waals surface area contributed by atoms with Crippen molar-refractivity contribution in [3.05, 3.63) is 34.2 Å². The van der Waals surface area contributed by atoms with Gasteiger partial charge in [0.1, 0.15) is 0 Å². The van der Waals surface area contributed by atoms with Gasteiger partial charge < -0.3 is 10.2 Å². The van der Waals surface area contributed by atoms with Crippen LogP contribution in [-0.2, 0) is 6.42 Å². The number of benzene rings is 1. The van der Waals surface area contributed by atoms with Gasteiger partial charge in [-0.05, 0) is 42.5 Å². The third-order valence-corrected chi connectivity index (χ3v) is 2.08. The number of azide groups is 1. The van der Waals surface area contributed by atoms with Crippen molar-refractivity contribution in [1.82, 2.24) is 0 Å². The van der Waals surface area contributed by atoms with E-state index >= 15 is 0 Å². The standard InChI is InChI=1S/C10H13N3O2/c11-13-12-6-2-1-3-8-4-5-9(14)10(15)7-8/h4-5,7,14-15H,1-3,6H2. The maximum absolute atomic E-state index is 9.22. The molecule has 0 saturated carbocycles. The molecule has 0 heterocycles. The fourth-order valence-corrected chi connectivity index (χ4v) is 1.28. The first kappa shape index (κ1) is 11.2. The van der Waals surface area contributed by atoms with Crippen molar-refractivity contribution >= 4 is 0 Å². The minimum atomic E-state index is -0.104. The first-order valence-corrected chi connectivity index (χ1v) is 4.76. The molecule has 1 aromatic carbocycles. The van der Waals surface area contributed by atoms with Crippen LogP contribution in [0.4, 0.5) is 0 Å². The van der Waals surface area contributed by atoms with Gasteiger partial charge >= 0.3 is 0 Å². The molecule has 0 aliphatic rings. The van der Waals surface area contributed by atoms with Gasteiger partial charge in [0, 0.05) is 11.5 Å². The van der Waals surface area contributed by atoms with E-state index in [1.807, 2.05) is 0 Å². The summed E-state index contributed by atoms with van der Waals surface area (Å²) < 4.78 is 0. The Kier molecular flexibility index (Phi) is 4.31. The van der Waals surface area contributed by atoms with Crippen LogP contribution in [0.5, 0.6) is 11.5 Å². The second kappa shape index (κ2) is 5.78. The molecular weight excluding hydrogens is 194 g/mol. The Morgan fingerprint density at radius 2 is 2.00 bits per heavy atom. The zero-order valence-electron chi connectivity index (χ0n) is 8.30. The minimum absolute atomic E-state index is 0.0949. The Bertz CT molecular complexity index is 373. The molecule has 0 spiro atoms. The molecule has 2 N–H and O–H groups in total. The maximum Gasteiger partial charge on any atom is 0.157 e. The summed E-state index contributed by atoms with van der Waals surface area (Å²) in [6, 6.07) is 4.78. The zero-order valence-corrected chi connectivity index (χ0v) is 8.30. The van der Waals surface area contributed by atoms with Crippen LogP contribution in [0.2, 0.25) is 0 Å². The van der Waals surface area contributed by atoms with E-state index in [0.29, 0.717) is 6.54 Å². The van der Waals surface area contributed by atoms with Gasteiger partial charge in [0.15, 0.2) is 11.5 Å². The fraction of sp³-hybridized carbons (Fsp3) is 0.400. The van der Waals surface area contributed by atoms with E-state index in [1.165, 1.54) is 6.07 Å². The van der Waals surface area contributed by atoms with Crippen LogP contribution in [0.15, 0.2) is 23.3 Å². The topological polar surface area (TPSA) is 89.2 Å². The van der Waals surface area contributed by atoms with Gasteiger partial charge in [-0.15, -0.1) is 0 Å². The van der Waals surface area contributed by atoms with E-state index in [2.05, 4.69) is 10.0 Å². The van der Waals surface area contributed by atoms with E-state index in [4.69, 9.17) is 10.6 Å². The first-order valence-electron chi connectivity index (χ1n) is 4.76. The molecule has 0 aliphatic carbocycles. The highest BCUT2D eigenvalue weighted by molar-refractivity contribution is 5.40. The Morgan fingerprint density at radius 3 is 2.67 bits per heavy atom. The minimum Gasteiger partial charge on any atom is -0.504 e. The number of hydrogen-bond donors (Lipinski definition) is 2. The van der Waals surface area contributed by atoms with Gasteiger partial charge in [-0.2, -0.15) is 0 Å². The number of rotatable bonds is 5. The number of hydrogen-bond acceptors (Lipinski definition) is 3. The van der Waals surface area contributed by atoms with Crippen LogP contribution >= 0.6 is 0 Å². The Labute approximate surface area is 87.6 Å². The molecule has 0 aromatic heterocycles. The molecule has 15 heavy (non-hydrogen) atoms. The van der Waals surface area contributed by atoms with Crippen LogP contribution < -0.4 is 0 Å². The number of phenolic OH excluding ortho intramolecular Hbond substituents is 2. The first-order chi connectivity index (χ1) is 7.24. The molecule has 1 rings (SSSR count). The molecule has 5 heteroatoms. The van der Waals surface area contributed by atoms with Crippen molar-refractivity contribution in [2.45, 2.75) is 19.3 Å². The molecule has 0 saturated heterocycles. The third-order valence-electron chi connectivity index (χ3n) is 2.08. The van der Waals surface area contributed by atoms with Crippen LogP contribution in [-0.4, -0.2) is 16.8 Å². The molecule has 0 aliphatic heterocycles. The summed E-state index contributed by atoms with van der Waals surface area (Å²) in [5.41, 5.74) is 9.01. The van der Waals surface area contributed by atoms with E-state index in [0.717, 1.165) is 24.8 Å². The predicted molar refractivity (Wildman–Crippen MR) is 56.7 cm³/mol. The average Bonchev–Trinajstić information content (AvgIpc) is 2.23. The number of unbranched alkanes of at least 4 members (excludes halogenated alkanes) is 1. The zero-order chi connectivity index (χ0) is 11.1. The largest absolute Gasteiger partial charge is 0.504 e. The summed E-state index contributed by atoms with van der Waals surface area (Å²) in [6.45, 7) is 0.501. The summed E-state index contributed by atoms with van der Waals surface area (Å²) in [7, 11) is 0. The van der Waals surface area contributed by atoms with Gasteiger partial charge in [0.05, 0.1) is 0 Å². The molecule has 0 amide bonds. The molecule has 5 nitrogen and oxygen atoms in total. The predicted octanol–water partition coefficient (Wildman–Crippen LogP) is 2.73. The lowest BCUT2D eigenvalue weighted by Crippen LogP contribution is -1.87. The summed E-state index contributed by atoms with van der Waals surface area (Å²) in [6.07, 6.45) is 2.52. The van der Waals surface area contributed by atoms with Gasteiger partial charge in [0.2, 0.25) is 0 Å². The smallest absolute Gasteiger partial charge is 0.157 e. The summed E-state index contributed by atoms with van der Waals surface area (Å²) >= 11 is 0. The van der Waals surface area contributed by atoms with Crippen LogP contribution in [0.1, 0.15) is 18.4 Å². The van der Waals surface area contributed by atoms with Gasteiger partial charge in [-0.1, -0.05) is 11.2 Å². The summed E-state index contributed by atoms with van der Waals surface area (Å²) in [5.74, 6) is -0.199. The normalized spacial score (nSPS) is 9.60. The number of phenols is 2. The van der Waals surface area contributed by atoms with Crippen molar-refractivity contribution in [2.24, 2.45) is 5.11 Å². The number of nitrogens with zero attached hydrogens (tertiary/aromatic N) is 3. The highest BCUT2D eigenvalue weighted by Crippen LogP contribution is 2.25. The van der Waals surface area contributed by atoms with Crippen LogP contribution in [0.3, 0.4) is 0 Å². The van der Waals surface area contributed by atoms with Crippen molar-refractivity contribution in [3.8, 4) is 11.5 Å². The highest BCUT2D eigenvalue weighted by Gasteiger charge is 1.99. The molecule has 0 fully saturated rings. The second-order valence-electron chi connectivity index (χ2n) is 3.23. The Balaban J connectivity index is 2.37. The maximum atomic E-state index is 9.22. The van der Waals surface area contributed by atoms with Crippen molar-refractivity contribution in [3.63, 3.8) is 0 Å². The molecule has 0 radical (unpaired) electrons. The van der Waals surface area contributed by atoms with Gasteiger partial charge in [0.25, 0.3) is 0 Å². The molecule has 1 aromatic rings. The lowest BCUT2D eigenvalue weighted by atomic mass is 10.1. The molecule has 0 atom stereocenters. The lowest BCUT2D eigenvalue weighted by molar-refractivity contribution is 0.403. The molecule has 0 unspecified atom stereocenters. The van der Waals surface area contributed by atoms with E-state index in [1.54, 1.807) is 12.1 Å². The monoisotopic (exact) mass is 207 g/mol. The van der Waals surface area contributed by atoms with Crippen LogP contribution in [0, 0.1) is 0 Å². The van der Waals surface area contributed by atoms with Crippen molar-refractivity contribution in [2.75, 3.05) is 6.54 Å². The average molecular weight is 207 g/mol. The van der Waals surface area contributed by atoms with E-state index < -0.39 is 0 Å². The number of aryl methyl sites for hydroxylation is 1. The summed E-state index contributed by atoms with van der Waals surface area (Å²) in [5, 5.41) is 21.7. The van der Waals surface area contributed by atoms with Gasteiger partial charge in [-0.25, -0.2) is 0 Å². The van der Waals surface area contributed by atoms with Crippen molar-refractivity contribution in [1.29, 1.82) is 0 Å². The molecular formula is C10H13N3O2. The van der Waals surface area contributed by atoms with E-state index in [-0.39, 0.29) is 11.5 Å². The van der Waals surface area contributed by atoms with E-state index in [9.17, 15) is 5.11 Å². The second-order valence-corrected chi connectivity index (χ2v) is 3.23. The number of aromatic hydroxyl groups is 2. The molecule has 0 bridgehead atoms. The summed E-state index contributed by atoms with van der Waals surface area (Å²) in [4.78, 5) is 2.66. The fourth-order valence-electron chi connectivity index (χ4n) is 1.28. The van der Waals surface area contributed by atoms with Crippen LogP contribution in [0.25, 0.3) is 10.4 Å². The quantitative estimate of drug-likeness (QED) is 0.255. The Morgan fingerprint density at radius 1 is 1.20 bits per heavy atom. The lowest BCUT2D eigenvalue weighted by Gasteiger charge is -2.02. The third kappa shape index (κ3) is 3.79. The molecule has 80 valence electrons. The van der Waals surface area contributed by atoms with Gasteiger partial charge in [-0.3, -0.25) is 0 Å².